The van der Waals surface area contributed by atoms with E-state index in [1.165, 1.54) is 25.7 Å². The minimum absolute atomic E-state index is 0.734. The Labute approximate surface area is 137 Å². The average molecular weight is 317 g/mol. The van der Waals surface area contributed by atoms with Gasteiger partial charge in [-0.2, -0.15) is 10.2 Å². The molecule has 3 fully saturated rings. The molecule has 1 N–H and O–H groups in total. The summed E-state index contributed by atoms with van der Waals surface area (Å²) in [5.41, 5.74) is 5.52. The molecule has 0 radical (unpaired) electrons. The third kappa shape index (κ3) is 3.61. The fourth-order valence-electron chi connectivity index (χ4n) is 3.31. The summed E-state index contributed by atoms with van der Waals surface area (Å²) >= 11 is 5.53. The predicted octanol–water partition coefficient (Wildman–Crippen LogP) is 2.51. The number of rotatable bonds is 2. The highest BCUT2D eigenvalue weighted by Crippen LogP contribution is 2.33. The first-order chi connectivity index (χ1) is 10.6. The van der Waals surface area contributed by atoms with E-state index in [0.29, 0.717) is 0 Å². The summed E-state index contributed by atoms with van der Waals surface area (Å²) in [6, 6.07) is 3.87. The minimum Gasteiger partial charge on any atom is -0.347 e. The molecule has 0 amide bonds. The summed E-state index contributed by atoms with van der Waals surface area (Å²) in [5, 5.41) is 13.3. The van der Waals surface area contributed by atoms with Crippen LogP contribution in [0.1, 0.15) is 44.0 Å². The lowest BCUT2D eigenvalue weighted by atomic mass is 9.84. The number of nitrogens with zero attached hydrogens (tertiary/aromatic N) is 4. The number of hydrogen-bond acceptors (Lipinski definition) is 4. The SMILES string of the molecule is C/C(=N\NC(=S)N1CC2CCC(CC2)C1)c1ccc(C)nn1. The van der Waals surface area contributed by atoms with E-state index < -0.39 is 0 Å². The van der Waals surface area contributed by atoms with Crippen molar-refractivity contribution in [3.63, 3.8) is 0 Å². The van der Waals surface area contributed by atoms with E-state index in [2.05, 4.69) is 25.6 Å². The quantitative estimate of drug-likeness (QED) is 0.516. The molecule has 1 aromatic heterocycles. The van der Waals surface area contributed by atoms with Crippen molar-refractivity contribution in [3.05, 3.63) is 23.5 Å². The zero-order valence-electron chi connectivity index (χ0n) is 13.2. The third-order valence-corrected chi connectivity index (χ3v) is 5.05. The van der Waals surface area contributed by atoms with E-state index in [1.807, 2.05) is 26.0 Å². The van der Waals surface area contributed by atoms with Gasteiger partial charge >= 0.3 is 0 Å². The third-order valence-electron chi connectivity index (χ3n) is 4.70. The lowest BCUT2D eigenvalue weighted by molar-refractivity contribution is 0.326. The van der Waals surface area contributed by atoms with E-state index in [1.54, 1.807) is 0 Å². The van der Waals surface area contributed by atoms with Crippen LogP contribution in [0.25, 0.3) is 0 Å². The second-order valence-electron chi connectivity index (χ2n) is 6.47. The van der Waals surface area contributed by atoms with E-state index in [4.69, 9.17) is 12.2 Å². The molecule has 3 heterocycles. The Balaban J connectivity index is 1.61. The first kappa shape index (κ1) is 15.3. The molecule has 3 aliphatic rings. The molecule has 0 atom stereocenters. The predicted molar refractivity (Wildman–Crippen MR) is 91.7 cm³/mol. The van der Waals surface area contributed by atoms with Gasteiger partial charge in [0, 0.05) is 13.1 Å². The van der Waals surface area contributed by atoms with Gasteiger partial charge in [-0.25, -0.2) is 0 Å². The molecular formula is C16H23N5S. The van der Waals surface area contributed by atoms with Crippen LogP contribution >= 0.6 is 12.2 Å². The Morgan fingerprint density at radius 1 is 1.18 bits per heavy atom. The van der Waals surface area contributed by atoms with E-state index in [0.717, 1.165) is 47.1 Å². The maximum absolute atomic E-state index is 5.53. The highest BCUT2D eigenvalue weighted by Gasteiger charge is 2.30. The highest BCUT2D eigenvalue weighted by molar-refractivity contribution is 7.80. The molecule has 2 bridgehead atoms. The minimum atomic E-state index is 0.734. The van der Waals surface area contributed by atoms with Crippen molar-refractivity contribution in [2.24, 2.45) is 16.9 Å². The van der Waals surface area contributed by atoms with Gasteiger partial charge < -0.3 is 4.90 Å². The topological polar surface area (TPSA) is 53.4 Å². The van der Waals surface area contributed by atoms with E-state index in [-0.39, 0.29) is 0 Å². The number of fused-ring (bicyclic) bond motifs is 4. The fourth-order valence-corrected chi connectivity index (χ4v) is 3.51. The number of thiocarbonyl (C=S) groups is 1. The van der Waals surface area contributed by atoms with E-state index in [9.17, 15) is 0 Å². The molecule has 22 heavy (non-hydrogen) atoms. The van der Waals surface area contributed by atoms with Gasteiger partial charge in [-0.1, -0.05) is 0 Å². The number of hydrogen-bond donors (Lipinski definition) is 1. The van der Waals surface area contributed by atoms with Crippen LogP contribution in [0.2, 0.25) is 0 Å². The molecule has 5 nitrogen and oxygen atoms in total. The van der Waals surface area contributed by atoms with Gasteiger partial charge in [0.25, 0.3) is 0 Å². The smallest absolute Gasteiger partial charge is 0.189 e. The number of aromatic nitrogens is 2. The van der Waals surface area contributed by atoms with Crippen LogP contribution in [0.3, 0.4) is 0 Å². The molecule has 0 unspecified atom stereocenters. The molecule has 1 saturated carbocycles. The normalized spacial score (nSPS) is 25.0. The maximum atomic E-state index is 5.53. The Kier molecular flexibility index (Phi) is 4.66. The number of aryl methyl sites for hydroxylation is 1. The van der Waals surface area contributed by atoms with Gasteiger partial charge in [-0.15, -0.1) is 5.10 Å². The van der Waals surface area contributed by atoms with Crippen LogP contribution in [-0.2, 0) is 0 Å². The maximum Gasteiger partial charge on any atom is 0.189 e. The average Bonchev–Trinajstić information content (AvgIpc) is 2.86. The molecule has 6 heteroatoms. The second-order valence-corrected chi connectivity index (χ2v) is 6.85. The Hall–Kier alpha value is -1.56. The van der Waals surface area contributed by atoms with Crippen molar-refractivity contribution in [3.8, 4) is 0 Å². The molecule has 4 rings (SSSR count). The largest absolute Gasteiger partial charge is 0.347 e. The zero-order chi connectivity index (χ0) is 15.5. The van der Waals surface area contributed by atoms with Crippen LogP contribution < -0.4 is 5.43 Å². The molecular weight excluding hydrogens is 294 g/mol. The molecule has 1 aliphatic carbocycles. The summed E-state index contributed by atoms with van der Waals surface area (Å²) in [6.07, 6.45) is 5.41. The van der Waals surface area contributed by atoms with Gasteiger partial charge in [-0.3, -0.25) is 5.43 Å². The fraction of sp³-hybridized carbons (Fsp3) is 0.625. The Morgan fingerprint density at radius 2 is 1.82 bits per heavy atom. The van der Waals surface area contributed by atoms with Crippen molar-refractivity contribution >= 4 is 23.0 Å². The lowest BCUT2D eigenvalue weighted by Gasteiger charge is -2.24. The van der Waals surface area contributed by atoms with Gasteiger partial charge in [-0.05, 0) is 75.7 Å². The molecule has 1 aromatic rings. The van der Waals surface area contributed by atoms with Crippen molar-refractivity contribution in [2.75, 3.05) is 13.1 Å². The Bertz CT molecular complexity index is 546. The molecule has 118 valence electrons. The van der Waals surface area contributed by atoms with Crippen LogP contribution in [0, 0.1) is 18.8 Å². The summed E-state index contributed by atoms with van der Waals surface area (Å²) in [6.45, 7) is 5.98. The van der Waals surface area contributed by atoms with Gasteiger partial charge in [0.2, 0.25) is 0 Å². The van der Waals surface area contributed by atoms with Gasteiger partial charge in [0.05, 0.1) is 11.4 Å². The van der Waals surface area contributed by atoms with Crippen molar-refractivity contribution in [1.29, 1.82) is 0 Å². The first-order valence-electron chi connectivity index (χ1n) is 8.01. The summed E-state index contributed by atoms with van der Waals surface area (Å²) in [4.78, 5) is 2.29. The van der Waals surface area contributed by atoms with Crippen molar-refractivity contribution in [1.82, 2.24) is 20.5 Å². The van der Waals surface area contributed by atoms with Gasteiger partial charge in [0.1, 0.15) is 5.69 Å². The lowest BCUT2D eigenvalue weighted by Crippen LogP contribution is -2.40. The van der Waals surface area contributed by atoms with Crippen molar-refractivity contribution in [2.45, 2.75) is 39.5 Å². The standard InChI is InChI=1S/C16H23N5S/c1-11-3-8-15(19-17-11)12(2)18-20-16(22)21-9-13-4-5-14(10-21)7-6-13/h3,8,13-14H,4-7,9-10H2,1-2H3,(H,20,22)/b18-12+. The summed E-state index contributed by atoms with van der Waals surface area (Å²) in [7, 11) is 0. The molecule has 0 spiro atoms. The van der Waals surface area contributed by atoms with Crippen molar-refractivity contribution < 1.29 is 0 Å². The summed E-state index contributed by atoms with van der Waals surface area (Å²) in [5.74, 6) is 1.60. The highest BCUT2D eigenvalue weighted by atomic mass is 32.1. The van der Waals surface area contributed by atoms with E-state index >= 15 is 0 Å². The molecule has 2 saturated heterocycles. The van der Waals surface area contributed by atoms with Crippen LogP contribution in [0.4, 0.5) is 0 Å². The first-order valence-corrected chi connectivity index (χ1v) is 8.42. The number of hydrazone groups is 1. The number of nitrogens with one attached hydrogen (secondary N) is 1. The monoisotopic (exact) mass is 317 g/mol. The van der Waals surface area contributed by atoms with Crippen LogP contribution in [-0.4, -0.2) is 39.0 Å². The van der Waals surface area contributed by atoms with Crippen LogP contribution in [0.15, 0.2) is 17.2 Å². The molecule has 0 aromatic carbocycles. The molecule has 2 aliphatic heterocycles. The van der Waals surface area contributed by atoms with Gasteiger partial charge in [0.15, 0.2) is 5.11 Å². The summed E-state index contributed by atoms with van der Waals surface area (Å²) < 4.78 is 0. The zero-order valence-corrected chi connectivity index (χ0v) is 14.1. The Morgan fingerprint density at radius 3 is 2.36 bits per heavy atom. The van der Waals surface area contributed by atoms with Crippen LogP contribution in [0.5, 0.6) is 0 Å². The second kappa shape index (κ2) is 6.69.